The number of thiazole rings is 1. The molecule has 1 fully saturated rings. The molecule has 1 aromatic heterocycles. The molecule has 132 valence electrons. The standard InChI is InChI=1S/C17H18N2O5S/c1-22-15(20)8-19-11-6-12-13(24-9-23-12)7-14(11)25-17(19)18-16(21)10-4-2-3-5-10/h6-7,10H,2-5,8-9H2,1H3. The lowest BCUT2D eigenvalue weighted by atomic mass is 10.1. The highest BCUT2D eigenvalue weighted by Crippen LogP contribution is 2.37. The third-order valence-corrected chi connectivity index (χ3v) is 5.64. The van der Waals surface area contributed by atoms with Crippen molar-refractivity contribution in [1.82, 2.24) is 4.57 Å². The number of ether oxygens (including phenoxy) is 3. The Labute approximate surface area is 147 Å². The SMILES string of the molecule is COC(=O)Cn1c(=NC(=O)C2CCCC2)sc2cc3c(cc21)OCO3. The minimum atomic E-state index is -0.396. The summed E-state index contributed by atoms with van der Waals surface area (Å²) in [6, 6.07) is 3.67. The first-order valence-corrected chi connectivity index (χ1v) is 9.06. The van der Waals surface area contributed by atoms with Crippen molar-refractivity contribution in [3.8, 4) is 11.5 Å². The number of carbonyl (C=O) groups excluding carboxylic acids is 2. The molecule has 0 unspecified atom stereocenters. The maximum atomic E-state index is 12.5. The van der Waals surface area contributed by atoms with Crippen LogP contribution in [0.25, 0.3) is 10.2 Å². The first-order chi connectivity index (χ1) is 12.2. The molecule has 7 nitrogen and oxygen atoms in total. The number of hydrogen-bond donors (Lipinski definition) is 0. The molecular weight excluding hydrogens is 344 g/mol. The van der Waals surface area contributed by atoms with Crippen LogP contribution in [-0.2, 0) is 20.9 Å². The normalized spacial score (nSPS) is 17.4. The quantitative estimate of drug-likeness (QED) is 0.782. The van der Waals surface area contributed by atoms with Gasteiger partial charge in [0.1, 0.15) is 6.54 Å². The summed E-state index contributed by atoms with van der Waals surface area (Å²) in [6.45, 7) is 0.175. The van der Waals surface area contributed by atoms with Crippen LogP contribution in [0.5, 0.6) is 11.5 Å². The monoisotopic (exact) mass is 362 g/mol. The molecular formula is C17H18N2O5S. The first-order valence-electron chi connectivity index (χ1n) is 8.24. The number of amides is 1. The number of nitrogens with zero attached hydrogens (tertiary/aromatic N) is 2. The number of rotatable bonds is 3. The van der Waals surface area contributed by atoms with Crippen molar-refractivity contribution in [3.63, 3.8) is 0 Å². The third-order valence-electron chi connectivity index (χ3n) is 4.60. The van der Waals surface area contributed by atoms with Crippen molar-refractivity contribution in [3.05, 3.63) is 16.9 Å². The molecule has 0 bridgehead atoms. The Morgan fingerprint density at radius 1 is 1.28 bits per heavy atom. The van der Waals surface area contributed by atoms with E-state index in [4.69, 9.17) is 14.2 Å². The van der Waals surface area contributed by atoms with E-state index < -0.39 is 5.97 Å². The van der Waals surface area contributed by atoms with Crippen molar-refractivity contribution in [2.24, 2.45) is 10.9 Å². The maximum absolute atomic E-state index is 12.5. The van der Waals surface area contributed by atoms with Crippen LogP contribution in [0.1, 0.15) is 25.7 Å². The van der Waals surface area contributed by atoms with E-state index in [1.165, 1.54) is 18.4 Å². The topological polar surface area (TPSA) is 79.1 Å². The maximum Gasteiger partial charge on any atom is 0.325 e. The molecule has 8 heteroatoms. The fraction of sp³-hybridized carbons (Fsp3) is 0.471. The molecule has 0 saturated heterocycles. The van der Waals surface area contributed by atoms with Crippen molar-refractivity contribution in [1.29, 1.82) is 0 Å². The van der Waals surface area contributed by atoms with Gasteiger partial charge in [-0.1, -0.05) is 24.2 Å². The Morgan fingerprint density at radius 2 is 2.00 bits per heavy atom. The van der Waals surface area contributed by atoms with Crippen LogP contribution in [0, 0.1) is 5.92 Å². The highest BCUT2D eigenvalue weighted by atomic mass is 32.1. The Bertz CT molecular complexity index is 908. The smallest absolute Gasteiger partial charge is 0.325 e. The predicted molar refractivity (Wildman–Crippen MR) is 90.5 cm³/mol. The van der Waals surface area contributed by atoms with Crippen LogP contribution in [0.3, 0.4) is 0 Å². The summed E-state index contributed by atoms with van der Waals surface area (Å²) in [5, 5.41) is 0. The predicted octanol–water partition coefficient (Wildman–Crippen LogP) is 2.22. The fourth-order valence-electron chi connectivity index (χ4n) is 3.25. The van der Waals surface area contributed by atoms with Gasteiger partial charge in [-0.25, -0.2) is 0 Å². The van der Waals surface area contributed by atoms with E-state index in [0.717, 1.165) is 35.9 Å². The zero-order chi connectivity index (χ0) is 17.4. The van der Waals surface area contributed by atoms with E-state index in [0.29, 0.717) is 16.3 Å². The second-order valence-electron chi connectivity index (χ2n) is 6.15. The van der Waals surface area contributed by atoms with E-state index in [1.807, 2.05) is 12.1 Å². The lowest BCUT2D eigenvalue weighted by Gasteiger charge is -2.05. The average molecular weight is 362 g/mol. The van der Waals surface area contributed by atoms with Crippen molar-refractivity contribution in [2.75, 3.05) is 13.9 Å². The molecule has 0 spiro atoms. The van der Waals surface area contributed by atoms with Gasteiger partial charge in [0.25, 0.3) is 5.91 Å². The summed E-state index contributed by atoms with van der Waals surface area (Å²) < 4.78 is 18.2. The lowest BCUT2D eigenvalue weighted by Crippen LogP contribution is -2.23. The van der Waals surface area contributed by atoms with Crippen LogP contribution in [0.4, 0.5) is 0 Å². The number of carbonyl (C=O) groups is 2. The Hall–Kier alpha value is -2.35. The summed E-state index contributed by atoms with van der Waals surface area (Å²) in [6.07, 6.45) is 3.92. The fourth-order valence-corrected chi connectivity index (χ4v) is 4.29. The van der Waals surface area contributed by atoms with E-state index in [1.54, 1.807) is 4.57 Å². The van der Waals surface area contributed by atoms with E-state index in [-0.39, 0.29) is 25.2 Å². The number of esters is 1. The van der Waals surface area contributed by atoms with Crippen LogP contribution in [0.15, 0.2) is 17.1 Å². The van der Waals surface area contributed by atoms with Crippen LogP contribution in [0.2, 0.25) is 0 Å². The minimum Gasteiger partial charge on any atom is -0.468 e. The summed E-state index contributed by atoms with van der Waals surface area (Å²) in [5.74, 6) is 0.772. The molecule has 1 amide bonds. The average Bonchev–Trinajstić information content (AvgIpc) is 3.33. The van der Waals surface area contributed by atoms with E-state index in [2.05, 4.69) is 4.99 Å². The molecule has 4 rings (SSSR count). The van der Waals surface area contributed by atoms with Gasteiger partial charge in [0.2, 0.25) is 6.79 Å². The van der Waals surface area contributed by atoms with Crippen LogP contribution in [-0.4, -0.2) is 30.3 Å². The van der Waals surface area contributed by atoms with Gasteiger partial charge in [0, 0.05) is 18.1 Å². The molecule has 1 aromatic carbocycles. The lowest BCUT2D eigenvalue weighted by molar-refractivity contribution is -0.141. The van der Waals surface area contributed by atoms with Crippen molar-refractivity contribution in [2.45, 2.75) is 32.2 Å². The van der Waals surface area contributed by atoms with Crippen molar-refractivity contribution >= 4 is 33.4 Å². The highest BCUT2D eigenvalue weighted by molar-refractivity contribution is 7.16. The molecule has 0 radical (unpaired) electrons. The number of methoxy groups -OCH3 is 1. The van der Waals surface area contributed by atoms with Crippen molar-refractivity contribution < 1.29 is 23.8 Å². The van der Waals surface area contributed by atoms with Gasteiger partial charge < -0.3 is 18.8 Å². The summed E-state index contributed by atoms with van der Waals surface area (Å²) in [5.41, 5.74) is 0.776. The summed E-state index contributed by atoms with van der Waals surface area (Å²) >= 11 is 1.36. The van der Waals surface area contributed by atoms with Gasteiger partial charge >= 0.3 is 5.97 Å². The number of benzene rings is 1. The van der Waals surface area contributed by atoms with Crippen LogP contribution < -0.4 is 14.3 Å². The van der Waals surface area contributed by atoms with Gasteiger partial charge in [-0.15, -0.1) is 0 Å². The number of fused-ring (bicyclic) bond motifs is 2. The molecule has 1 aliphatic carbocycles. The molecule has 1 aliphatic heterocycles. The number of aromatic nitrogens is 1. The molecule has 0 atom stereocenters. The third kappa shape index (κ3) is 3.02. The molecule has 1 saturated carbocycles. The zero-order valence-electron chi connectivity index (χ0n) is 13.8. The molecule has 2 heterocycles. The second-order valence-corrected chi connectivity index (χ2v) is 7.16. The van der Waals surface area contributed by atoms with Gasteiger partial charge in [0.05, 0.1) is 17.3 Å². The van der Waals surface area contributed by atoms with E-state index in [9.17, 15) is 9.59 Å². The van der Waals surface area contributed by atoms with Crippen LogP contribution >= 0.6 is 11.3 Å². The summed E-state index contributed by atoms with van der Waals surface area (Å²) in [4.78, 5) is 29.1. The molecule has 2 aromatic rings. The first kappa shape index (κ1) is 16.1. The summed E-state index contributed by atoms with van der Waals surface area (Å²) in [7, 11) is 1.34. The minimum absolute atomic E-state index is 0.00605. The molecule has 2 aliphatic rings. The van der Waals surface area contributed by atoms with Gasteiger partial charge in [-0.05, 0) is 12.8 Å². The Morgan fingerprint density at radius 3 is 2.72 bits per heavy atom. The second kappa shape index (κ2) is 6.51. The van der Waals surface area contributed by atoms with Gasteiger partial charge in [-0.3, -0.25) is 9.59 Å². The molecule has 0 N–H and O–H groups in total. The zero-order valence-corrected chi connectivity index (χ0v) is 14.6. The number of hydrogen-bond acceptors (Lipinski definition) is 6. The molecule has 25 heavy (non-hydrogen) atoms. The largest absolute Gasteiger partial charge is 0.468 e. The Kier molecular flexibility index (Phi) is 4.20. The van der Waals surface area contributed by atoms with Gasteiger partial charge in [0.15, 0.2) is 16.3 Å². The van der Waals surface area contributed by atoms with Gasteiger partial charge in [-0.2, -0.15) is 4.99 Å². The Balaban J connectivity index is 1.82. The highest BCUT2D eigenvalue weighted by Gasteiger charge is 2.23. The van der Waals surface area contributed by atoms with E-state index >= 15 is 0 Å².